The highest BCUT2D eigenvalue weighted by atomic mass is 32.1. The van der Waals surface area contributed by atoms with E-state index in [-0.39, 0.29) is 5.91 Å². The number of thiazole rings is 1. The molecule has 0 saturated carbocycles. The van der Waals surface area contributed by atoms with E-state index in [1.165, 1.54) is 5.01 Å². The van der Waals surface area contributed by atoms with Crippen molar-refractivity contribution in [3.63, 3.8) is 0 Å². The highest BCUT2D eigenvalue weighted by molar-refractivity contribution is 7.09. The maximum absolute atomic E-state index is 12.5. The van der Waals surface area contributed by atoms with Crippen LogP contribution in [0.2, 0.25) is 0 Å². The smallest absolute Gasteiger partial charge is 0.271 e. The van der Waals surface area contributed by atoms with E-state index in [2.05, 4.69) is 29.2 Å². The number of aromatic nitrogens is 3. The van der Waals surface area contributed by atoms with Crippen molar-refractivity contribution >= 4 is 17.2 Å². The van der Waals surface area contributed by atoms with E-state index in [0.29, 0.717) is 17.5 Å². The van der Waals surface area contributed by atoms with Gasteiger partial charge in [-0.2, -0.15) is 0 Å². The molecule has 0 aliphatic carbocycles. The highest BCUT2D eigenvalue weighted by Crippen LogP contribution is 2.31. The van der Waals surface area contributed by atoms with Crippen LogP contribution in [0, 0.1) is 6.92 Å². The zero-order valence-electron chi connectivity index (χ0n) is 13.3. The number of imidazole rings is 1. The Morgan fingerprint density at radius 2 is 2.32 bits per heavy atom. The molecule has 0 spiro atoms. The summed E-state index contributed by atoms with van der Waals surface area (Å²) >= 11 is 1.73. The lowest BCUT2D eigenvalue weighted by molar-refractivity contribution is 0.0701. The molecule has 0 bridgehead atoms. The van der Waals surface area contributed by atoms with Crippen molar-refractivity contribution in [3.05, 3.63) is 33.8 Å². The average molecular weight is 318 g/mol. The second kappa shape index (κ2) is 6.20. The molecule has 2 aromatic rings. The molecule has 1 amide bonds. The first-order chi connectivity index (χ1) is 10.5. The molecule has 1 aliphatic heterocycles. The molecule has 1 atom stereocenters. The number of carbonyl (C=O) groups excluding carboxylic acids is 1. The Morgan fingerprint density at radius 1 is 1.50 bits per heavy atom. The fraction of sp³-hybridized carbons (Fsp3) is 0.562. The number of rotatable bonds is 3. The Balaban J connectivity index is 1.72. The summed E-state index contributed by atoms with van der Waals surface area (Å²) < 4.78 is 0. The van der Waals surface area contributed by atoms with Crippen LogP contribution in [0.3, 0.4) is 0 Å². The number of nitrogens with one attached hydrogen (secondary N) is 1. The van der Waals surface area contributed by atoms with Crippen LogP contribution in [-0.4, -0.2) is 38.8 Å². The van der Waals surface area contributed by atoms with Gasteiger partial charge in [0.2, 0.25) is 0 Å². The Kier molecular flexibility index (Phi) is 4.29. The molecule has 2 aromatic heterocycles. The minimum absolute atomic E-state index is 0.0472. The van der Waals surface area contributed by atoms with Crippen molar-refractivity contribution in [3.8, 4) is 0 Å². The molecular weight excluding hydrogens is 296 g/mol. The maximum Gasteiger partial charge on any atom is 0.271 e. The monoisotopic (exact) mass is 318 g/mol. The van der Waals surface area contributed by atoms with Crippen molar-refractivity contribution in [2.24, 2.45) is 0 Å². The van der Waals surface area contributed by atoms with Gasteiger partial charge in [-0.15, -0.1) is 11.3 Å². The van der Waals surface area contributed by atoms with Crippen molar-refractivity contribution < 1.29 is 4.79 Å². The highest BCUT2D eigenvalue weighted by Gasteiger charge is 2.28. The van der Waals surface area contributed by atoms with Crippen molar-refractivity contribution in [2.75, 3.05) is 13.1 Å². The third kappa shape index (κ3) is 3.06. The van der Waals surface area contributed by atoms with Crippen LogP contribution in [0.25, 0.3) is 0 Å². The Labute approximate surface area is 134 Å². The number of H-pyrrole nitrogens is 1. The summed E-state index contributed by atoms with van der Waals surface area (Å²) in [6.45, 7) is 7.75. The predicted octanol–water partition coefficient (Wildman–Crippen LogP) is 3.32. The number of nitrogens with zero attached hydrogens (tertiary/aromatic N) is 3. The third-order valence-electron chi connectivity index (χ3n) is 4.12. The number of aromatic amines is 1. The van der Waals surface area contributed by atoms with Crippen LogP contribution in [0.5, 0.6) is 0 Å². The molecule has 0 aromatic carbocycles. The van der Waals surface area contributed by atoms with Gasteiger partial charge in [-0.3, -0.25) is 4.79 Å². The molecule has 1 N–H and O–H groups in total. The number of aryl methyl sites for hydroxylation is 1. The normalized spacial score (nSPS) is 18.9. The molecule has 118 valence electrons. The average Bonchev–Trinajstić information content (AvgIpc) is 3.15. The van der Waals surface area contributed by atoms with Crippen molar-refractivity contribution in [2.45, 2.75) is 45.4 Å². The van der Waals surface area contributed by atoms with E-state index >= 15 is 0 Å². The van der Waals surface area contributed by atoms with E-state index in [4.69, 9.17) is 4.98 Å². The van der Waals surface area contributed by atoms with Crippen LogP contribution in [-0.2, 0) is 0 Å². The lowest BCUT2D eigenvalue weighted by Gasteiger charge is -2.31. The van der Waals surface area contributed by atoms with Crippen LogP contribution in [0.4, 0.5) is 0 Å². The van der Waals surface area contributed by atoms with E-state index in [1.54, 1.807) is 17.5 Å². The molecule has 5 nitrogen and oxygen atoms in total. The summed E-state index contributed by atoms with van der Waals surface area (Å²) in [5.41, 5.74) is 1.74. The molecule has 3 heterocycles. The van der Waals surface area contributed by atoms with Gasteiger partial charge in [0.15, 0.2) is 0 Å². The largest absolute Gasteiger partial charge is 0.338 e. The van der Waals surface area contributed by atoms with Crippen LogP contribution >= 0.6 is 11.3 Å². The lowest BCUT2D eigenvalue weighted by atomic mass is 9.98. The van der Waals surface area contributed by atoms with Gasteiger partial charge in [-0.1, -0.05) is 13.8 Å². The number of amides is 1. The molecule has 0 unspecified atom stereocenters. The Morgan fingerprint density at radius 3 is 2.95 bits per heavy atom. The van der Waals surface area contributed by atoms with Gasteiger partial charge in [-0.25, -0.2) is 9.97 Å². The zero-order chi connectivity index (χ0) is 15.7. The summed E-state index contributed by atoms with van der Waals surface area (Å²) in [6, 6.07) is 0. The van der Waals surface area contributed by atoms with Gasteiger partial charge in [-0.05, 0) is 25.7 Å². The van der Waals surface area contributed by atoms with Crippen LogP contribution in [0.1, 0.15) is 65.5 Å². The summed E-state index contributed by atoms with van der Waals surface area (Å²) in [5, 5.41) is 3.32. The van der Waals surface area contributed by atoms with Crippen molar-refractivity contribution in [1.82, 2.24) is 19.9 Å². The molecule has 22 heavy (non-hydrogen) atoms. The second-order valence-corrected chi connectivity index (χ2v) is 7.13. The number of carbonyl (C=O) groups is 1. The van der Waals surface area contributed by atoms with Gasteiger partial charge in [0.05, 0.1) is 16.9 Å². The molecule has 6 heteroatoms. The minimum atomic E-state index is 0.0472. The number of likely N-dealkylation sites (tertiary alicyclic amines) is 1. The number of piperidine rings is 1. The summed E-state index contributed by atoms with van der Waals surface area (Å²) in [7, 11) is 0. The molecule has 0 radical (unpaired) electrons. The molecule has 1 fully saturated rings. The minimum Gasteiger partial charge on any atom is -0.338 e. The first kappa shape index (κ1) is 15.2. The van der Waals surface area contributed by atoms with E-state index < -0.39 is 0 Å². The Bertz CT molecular complexity index is 661. The maximum atomic E-state index is 12.5. The van der Waals surface area contributed by atoms with Crippen molar-refractivity contribution in [1.29, 1.82) is 0 Å². The molecule has 3 rings (SSSR count). The number of hydrogen-bond acceptors (Lipinski definition) is 4. The SMILES string of the molecule is Cc1ncc(C(=O)N2CCC[C@@H](c3nc(C(C)C)cs3)C2)[nH]1. The summed E-state index contributed by atoms with van der Waals surface area (Å²) in [4.78, 5) is 26.4. The summed E-state index contributed by atoms with van der Waals surface area (Å²) in [6.07, 6.45) is 3.76. The Hall–Kier alpha value is -1.69. The van der Waals surface area contributed by atoms with Gasteiger partial charge >= 0.3 is 0 Å². The second-order valence-electron chi connectivity index (χ2n) is 6.24. The molecular formula is C16H22N4OS. The van der Waals surface area contributed by atoms with E-state index in [9.17, 15) is 4.79 Å². The lowest BCUT2D eigenvalue weighted by Crippen LogP contribution is -2.39. The molecule has 1 saturated heterocycles. The first-order valence-corrected chi connectivity index (χ1v) is 8.68. The first-order valence-electron chi connectivity index (χ1n) is 7.80. The van der Waals surface area contributed by atoms with Crippen LogP contribution in [0.15, 0.2) is 11.6 Å². The third-order valence-corrected chi connectivity index (χ3v) is 5.15. The predicted molar refractivity (Wildman–Crippen MR) is 87.4 cm³/mol. The molecule has 1 aliphatic rings. The van der Waals surface area contributed by atoms with Crippen LogP contribution < -0.4 is 0 Å². The summed E-state index contributed by atoms with van der Waals surface area (Å²) in [5.74, 6) is 1.64. The van der Waals surface area contributed by atoms with Gasteiger partial charge in [0.1, 0.15) is 11.5 Å². The topological polar surface area (TPSA) is 61.9 Å². The standard InChI is InChI=1S/C16H22N4OS/c1-10(2)14-9-22-15(19-14)12-5-4-6-20(8-12)16(21)13-7-17-11(3)18-13/h7,9-10,12H,4-6,8H2,1-3H3,(H,17,18)/t12-/m1/s1. The fourth-order valence-electron chi connectivity index (χ4n) is 2.82. The van der Waals surface area contributed by atoms with Gasteiger partial charge in [0.25, 0.3) is 5.91 Å². The fourth-order valence-corrected chi connectivity index (χ4v) is 3.93. The van der Waals surface area contributed by atoms with Gasteiger partial charge in [0, 0.05) is 24.4 Å². The van der Waals surface area contributed by atoms with Gasteiger partial charge < -0.3 is 9.88 Å². The van der Waals surface area contributed by atoms with E-state index in [0.717, 1.165) is 37.4 Å². The van der Waals surface area contributed by atoms with E-state index in [1.807, 2.05) is 11.8 Å². The quantitative estimate of drug-likeness (QED) is 0.944. The number of hydrogen-bond donors (Lipinski definition) is 1. The zero-order valence-corrected chi connectivity index (χ0v) is 14.1.